The van der Waals surface area contributed by atoms with Crippen molar-refractivity contribution in [1.29, 1.82) is 0 Å². The lowest BCUT2D eigenvalue weighted by Crippen LogP contribution is -2.25. The molecule has 0 N–H and O–H groups in total. The van der Waals surface area contributed by atoms with E-state index in [1.54, 1.807) is 6.92 Å². The number of para-hydroxylation sites is 1. The SMILES string of the molecule is COC(=O)[C@H](C)Oc1ccccc1I. The summed E-state index contributed by atoms with van der Waals surface area (Å²) in [6.45, 7) is 1.66. The molecule has 0 heterocycles. The van der Waals surface area contributed by atoms with Gasteiger partial charge in [0.2, 0.25) is 0 Å². The van der Waals surface area contributed by atoms with Crippen LogP contribution < -0.4 is 4.74 Å². The van der Waals surface area contributed by atoms with Gasteiger partial charge in [0.05, 0.1) is 10.7 Å². The maximum absolute atomic E-state index is 11.1. The topological polar surface area (TPSA) is 35.5 Å². The fourth-order valence-electron chi connectivity index (χ4n) is 0.945. The van der Waals surface area contributed by atoms with Gasteiger partial charge in [-0.1, -0.05) is 12.1 Å². The highest BCUT2D eigenvalue weighted by Gasteiger charge is 2.15. The van der Waals surface area contributed by atoms with Crippen molar-refractivity contribution in [3.8, 4) is 5.75 Å². The maximum atomic E-state index is 11.1. The Morgan fingerprint density at radius 1 is 1.43 bits per heavy atom. The first-order valence-electron chi connectivity index (χ1n) is 4.14. The van der Waals surface area contributed by atoms with Crippen LogP contribution >= 0.6 is 22.6 Å². The number of benzene rings is 1. The van der Waals surface area contributed by atoms with Crippen LogP contribution in [0.15, 0.2) is 24.3 Å². The van der Waals surface area contributed by atoms with Crippen LogP contribution in [0.2, 0.25) is 0 Å². The third kappa shape index (κ3) is 2.87. The standard InChI is InChI=1S/C10H11IO3/c1-7(10(12)13-2)14-9-6-4-3-5-8(9)11/h3-7H,1-2H3/t7-/m0/s1. The molecule has 76 valence electrons. The van der Waals surface area contributed by atoms with Gasteiger partial charge >= 0.3 is 5.97 Å². The van der Waals surface area contributed by atoms with Crippen molar-refractivity contribution in [1.82, 2.24) is 0 Å². The summed E-state index contributed by atoms with van der Waals surface area (Å²) in [6.07, 6.45) is -0.573. The molecule has 0 aliphatic rings. The second-order valence-corrected chi connectivity index (χ2v) is 3.88. The van der Waals surface area contributed by atoms with Crippen molar-refractivity contribution in [3.63, 3.8) is 0 Å². The van der Waals surface area contributed by atoms with Gasteiger partial charge in [-0.2, -0.15) is 0 Å². The zero-order valence-corrected chi connectivity index (χ0v) is 10.1. The van der Waals surface area contributed by atoms with Crippen LogP contribution in [0.3, 0.4) is 0 Å². The van der Waals surface area contributed by atoms with Gasteiger partial charge in [-0.25, -0.2) is 4.79 Å². The van der Waals surface area contributed by atoms with Crippen molar-refractivity contribution >= 4 is 28.6 Å². The molecule has 0 unspecified atom stereocenters. The van der Waals surface area contributed by atoms with Gasteiger partial charge in [0, 0.05) is 0 Å². The second-order valence-electron chi connectivity index (χ2n) is 2.71. The molecule has 0 amide bonds. The molecule has 0 fully saturated rings. The van der Waals surface area contributed by atoms with Gasteiger partial charge in [-0.15, -0.1) is 0 Å². The highest BCUT2D eigenvalue weighted by molar-refractivity contribution is 14.1. The van der Waals surface area contributed by atoms with E-state index in [-0.39, 0.29) is 5.97 Å². The van der Waals surface area contributed by atoms with E-state index < -0.39 is 6.10 Å². The van der Waals surface area contributed by atoms with E-state index in [0.717, 1.165) is 3.57 Å². The number of carbonyl (C=O) groups is 1. The number of ether oxygens (including phenoxy) is 2. The van der Waals surface area contributed by atoms with Crippen molar-refractivity contribution in [2.24, 2.45) is 0 Å². The Labute approximate surface area is 96.5 Å². The van der Waals surface area contributed by atoms with Gasteiger partial charge in [0.1, 0.15) is 5.75 Å². The van der Waals surface area contributed by atoms with Gasteiger partial charge in [-0.05, 0) is 41.6 Å². The highest BCUT2D eigenvalue weighted by atomic mass is 127. The number of rotatable bonds is 3. The van der Waals surface area contributed by atoms with E-state index in [0.29, 0.717) is 5.75 Å². The van der Waals surface area contributed by atoms with Crippen molar-refractivity contribution in [2.75, 3.05) is 7.11 Å². The Morgan fingerprint density at radius 3 is 2.64 bits per heavy atom. The average molecular weight is 306 g/mol. The molecule has 0 aliphatic carbocycles. The van der Waals surface area contributed by atoms with E-state index in [4.69, 9.17) is 4.74 Å². The van der Waals surface area contributed by atoms with E-state index in [1.807, 2.05) is 24.3 Å². The first-order valence-corrected chi connectivity index (χ1v) is 5.22. The summed E-state index contributed by atoms with van der Waals surface area (Å²) in [4.78, 5) is 11.1. The lowest BCUT2D eigenvalue weighted by atomic mass is 10.3. The summed E-state index contributed by atoms with van der Waals surface area (Å²) in [5.41, 5.74) is 0. The number of carbonyl (C=O) groups excluding carboxylic acids is 1. The second kappa shape index (κ2) is 5.19. The minimum absolute atomic E-state index is 0.371. The summed E-state index contributed by atoms with van der Waals surface area (Å²) < 4.78 is 10.9. The Morgan fingerprint density at radius 2 is 2.07 bits per heavy atom. The molecule has 1 rings (SSSR count). The predicted octanol–water partition coefficient (Wildman–Crippen LogP) is 2.23. The summed E-state index contributed by atoms with van der Waals surface area (Å²) in [6, 6.07) is 7.51. The molecule has 0 bridgehead atoms. The van der Waals surface area contributed by atoms with E-state index >= 15 is 0 Å². The lowest BCUT2D eigenvalue weighted by Gasteiger charge is -2.13. The molecule has 3 nitrogen and oxygen atoms in total. The van der Waals surface area contributed by atoms with Crippen LogP contribution in [-0.2, 0) is 9.53 Å². The largest absolute Gasteiger partial charge is 0.478 e. The number of methoxy groups -OCH3 is 1. The van der Waals surface area contributed by atoms with Gasteiger partial charge in [-0.3, -0.25) is 0 Å². The maximum Gasteiger partial charge on any atom is 0.346 e. The van der Waals surface area contributed by atoms with Crippen LogP contribution in [0.25, 0.3) is 0 Å². The molecule has 0 aromatic heterocycles. The third-order valence-electron chi connectivity index (χ3n) is 1.67. The smallest absolute Gasteiger partial charge is 0.346 e. The molecule has 1 aromatic carbocycles. The zero-order chi connectivity index (χ0) is 10.6. The Hall–Kier alpha value is -0.780. The van der Waals surface area contributed by atoms with Crippen molar-refractivity contribution in [2.45, 2.75) is 13.0 Å². The lowest BCUT2D eigenvalue weighted by molar-refractivity contribution is -0.147. The summed E-state index contributed by atoms with van der Waals surface area (Å²) in [7, 11) is 1.35. The molecule has 0 saturated heterocycles. The Kier molecular flexibility index (Phi) is 4.19. The fourth-order valence-corrected chi connectivity index (χ4v) is 1.46. The number of esters is 1. The van der Waals surface area contributed by atoms with Crippen LogP contribution in [-0.4, -0.2) is 19.2 Å². The molecule has 0 saturated carbocycles. The first kappa shape index (κ1) is 11.3. The molecular weight excluding hydrogens is 295 g/mol. The summed E-state index contributed by atoms with van der Waals surface area (Å²) in [5.74, 6) is 0.329. The fraction of sp³-hybridized carbons (Fsp3) is 0.300. The highest BCUT2D eigenvalue weighted by Crippen LogP contribution is 2.20. The molecule has 0 aliphatic heterocycles. The van der Waals surface area contributed by atoms with Gasteiger partial charge in [0.15, 0.2) is 6.10 Å². The van der Waals surface area contributed by atoms with Gasteiger partial charge < -0.3 is 9.47 Å². The number of hydrogen-bond acceptors (Lipinski definition) is 3. The van der Waals surface area contributed by atoms with Crippen LogP contribution in [0.4, 0.5) is 0 Å². The van der Waals surface area contributed by atoms with E-state index in [2.05, 4.69) is 27.3 Å². The van der Waals surface area contributed by atoms with Crippen LogP contribution in [0, 0.1) is 3.57 Å². The van der Waals surface area contributed by atoms with Crippen LogP contribution in [0.5, 0.6) is 5.75 Å². The Bertz CT molecular complexity index is 325. The quantitative estimate of drug-likeness (QED) is 0.634. The minimum atomic E-state index is -0.573. The van der Waals surface area contributed by atoms with Gasteiger partial charge in [0.25, 0.3) is 0 Å². The average Bonchev–Trinajstić information content (AvgIpc) is 2.20. The number of halogens is 1. The first-order chi connectivity index (χ1) is 6.65. The predicted molar refractivity (Wildman–Crippen MR) is 61.3 cm³/mol. The molecule has 1 aromatic rings. The van der Waals surface area contributed by atoms with Crippen LogP contribution in [0.1, 0.15) is 6.92 Å². The third-order valence-corrected chi connectivity index (χ3v) is 2.56. The molecule has 14 heavy (non-hydrogen) atoms. The van der Waals surface area contributed by atoms with Crippen molar-refractivity contribution in [3.05, 3.63) is 27.8 Å². The molecule has 0 radical (unpaired) electrons. The summed E-state index contributed by atoms with van der Waals surface area (Å²) >= 11 is 2.15. The van der Waals surface area contributed by atoms with E-state index in [9.17, 15) is 4.79 Å². The number of hydrogen-bond donors (Lipinski definition) is 0. The molecule has 4 heteroatoms. The molecular formula is C10H11IO3. The molecule has 1 atom stereocenters. The zero-order valence-electron chi connectivity index (χ0n) is 7.99. The minimum Gasteiger partial charge on any atom is -0.478 e. The Balaban J connectivity index is 2.69. The molecule has 0 spiro atoms. The van der Waals surface area contributed by atoms with Crippen molar-refractivity contribution < 1.29 is 14.3 Å². The normalized spacial score (nSPS) is 11.9. The van der Waals surface area contributed by atoms with E-state index in [1.165, 1.54) is 7.11 Å². The summed E-state index contributed by atoms with van der Waals surface area (Å²) in [5, 5.41) is 0. The monoisotopic (exact) mass is 306 g/mol.